The van der Waals surface area contributed by atoms with Gasteiger partial charge >= 0.3 is 0 Å². The van der Waals surface area contributed by atoms with Gasteiger partial charge < -0.3 is 9.30 Å². The molecule has 0 saturated carbocycles. The molecule has 6 nitrogen and oxygen atoms in total. The molecule has 2 aromatic heterocycles. The van der Waals surface area contributed by atoms with E-state index in [2.05, 4.69) is 44.8 Å². The normalized spacial score (nSPS) is 16.8. The summed E-state index contributed by atoms with van der Waals surface area (Å²) < 4.78 is 9.58. The minimum absolute atomic E-state index is 0.343. The van der Waals surface area contributed by atoms with Crippen molar-refractivity contribution < 1.29 is 4.74 Å². The molecule has 1 aromatic carbocycles. The lowest BCUT2D eigenvalue weighted by molar-refractivity contribution is 0.0326. The fraction of sp³-hybridized carbons (Fsp3) is 0.368. The largest absolute Gasteiger partial charge is 0.379 e. The molecule has 0 spiro atoms. The van der Waals surface area contributed by atoms with Crippen LogP contribution in [0.5, 0.6) is 0 Å². The van der Waals surface area contributed by atoms with E-state index in [0.29, 0.717) is 6.04 Å². The molecular weight excluding hydrogens is 314 g/mol. The second kappa shape index (κ2) is 7.21. The van der Waals surface area contributed by atoms with E-state index in [1.54, 1.807) is 0 Å². The summed E-state index contributed by atoms with van der Waals surface area (Å²) in [4.78, 5) is 6.83. The van der Waals surface area contributed by atoms with Gasteiger partial charge in [-0.1, -0.05) is 18.2 Å². The molecule has 25 heavy (non-hydrogen) atoms. The highest BCUT2D eigenvalue weighted by Crippen LogP contribution is 2.23. The number of rotatable bonds is 5. The van der Waals surface area contributed by atoms with Gasteiger partial charge in [0.25, 0.3) is 0 Å². The molecule has 1 atom stereocenters. The van der Waals surface area contributed by atoms with Crippen molar-refractivity contribution >= 4 is 0 Å². The molecule has 0 unspecified atom stereocenters. The zero-order valence-corrected chi connectivity index (χ0v) is 14.5. The maximum atomic E-state index is 5.44. The van der Waals surface area contributed by atoms with Gasteiger partial charge in [-0.2, -0.15) is 5.10 Å². The Bertz CT molecular complexity index is 804. The second-order valence-electron chi connectivity index (χ2n) is 6.46. The van der Waals surface area contributed by atoms with E-state index in [0.717, 1.165) is 49.8 Å². The molecule has 3 heterocycles. The molecule has 1 aliphatic rings. The van der Waals surface area contributed by atoms with Crippen molar-refractivity contribution in [2.75, 3.05) is 32.8 Å². The number of hydrogen-bond donors (Lipinski definition) is 0. The summed E-state index contributed by atoms with van der Waals surface area (Å²) in [5, 5.41) is 4.51. The molecule has 0 radical (unpaired) electrons. The zero-order valence-electron chi connectivity index (χ0n) is 14.5. The summed E-state index contributed by atoms with van der Waals surface area (Å²) in [7, 11) is 0. The van der Waals surface area contributed by atoms with Gasteiger partial charge in [0.15, 0.2) is 0 Å². The van der Waals surface area contributed by atoms with Gasteiger partial charge in [0.05, 0.1) is 43.3 Å². The average Bonchev–Trinajstić information content (AvgIpc) is 3.32. The first-order valence-corrected chi connectivity index (χ1v) is 8.73. The number of ether oxygens (including phenoxy) is 1. The van der Waals surface area contributed by atoms with E-state index in [9.17, 15) is 0 Å². The van der Waals surface area contributed by atoms with E-state index >= 15 is 0 Å². The van der Waals surface area contributed by atoms with E-state index < -0.39 is 0 Å². The fourth-order valence-electron chi connectivity index (χ4n) is 3.30. The Hall–Kier alpha value is -2.44. The van der Waals surface area contributed by atoms with Crippen LogP contribution < -0.4 is 0 Å². The minimum atomic E-state index is 0.343. The number of nitrogens with zero attached hydrogens (tertiary/aromatic N) is 5. The lowest BCUT2D eigenvalue weighted by Crippen LogP contribution is -2.39. The number of morpholine rings is 1. The predicted octanol–water partition coefficient (Wildman–Crippen LogP) is 2.63. The third kappa shape index (κ3) is 3.50. The maximum absolute atomic E-state index is 5.44. The summed E-state index contributed by atoms with van der Waals surface area (Å²) in [6.45, 7) is 6.89. The van der Waals surface area contributed by atoms with Crippen LogP contribution in [0.2, 0.25) is 0 Å². The third-order valence-electron chi connectivity index (χ3n) is 4.67. The summed E-state index contributed by atoms with van der Waals surface area (Å²) >= 11 is 0. The van der Waals surface area contributed by atoms with Crippen LogP contribution in [0.25, 0.3) is 16.9 Å². The first-order chi connectivity index (χ1) is 12.3. The molecule has 1 aliphatic heterocycles. The van der Waals surface area contributed by atoms with Crippen molar-refractivity contribution in [2.24, 2.45) is 0 Å². The first kappa shape index (κ1) is 16.1. The van der Waals surface area contributed by atoms with Gasteiger partial charge in [0.2, 0.25) is 0 Å². The number of benzene rings is 1. The maximum Gasteiger partial charge on any atom is 0.0953 e. The van der Waals surface area contributed by atoms with Crippen LogP contribution >= 0.6 is 0 Å². The van der Waals surface area contributed by atoms with E-state index in [-0.39, 0.29) is 0 Å². The highest BCUT2D eigenvalue weighted by Gasteiger charge is 2.17. The SMILES string of the molecule is C[C@@H](CN1CCOCC1)n1cncc1-c1cnn(-c2ccccc2)c1. The molecule has 0 amide bonds. The van der Waals surface area contributed by atoms with Crippen LogP contribution in [0.15, 0.2) is 55.2 Å². The smallest absolute Gasteiger partial charge is 0.0953 e. The summed E-state index contributed by atoms with van der Waals surface area (Å²) in [6.07, 6.45) is 7.80. The van der Waals surface area contributed by atoms with Gasteiger partial charge in [-0.25, -0.2) is 9.67 Å². The van der Waals surface area contributed by atoms with Gasteiger partial charge in [0, 0.05) is 37.4 Å². The summed E-state index contributed by atoms with van der Waals surface area (Å²) in [5.74, 6) is 0. The van der Waals surface area contributed by atoms with Crippen molar-refractivity contribution in [1.82, 2.24) is 24.2 Å². The van der Waals surface area contributed by atoms with Crippen molar-refractivity contribution in [2.45, 2.75) is 13.0 Å². The minimum Gasteiger partial charge on any atom is -0.379 e. The Morgan fingerprint density at radius 2 is 1.92 bits per heavy atom. The zero-order chi connectivity index (χ0) is 17.1. The Kier molecular flexibility index (Phi) is 4.63. The van der Waals surface area contributed by atoms with Gasteiger partial charge in [-0.3, -0.25) is 4.90 Å². The number of para-hydroxylation sites is 1. The van der Waals surface area contributed by atoms with Crippen LogP contribution in [-0.4, -0.2) is 57.1 Å². The number of hydrogen-bond acceptors (Lipinski definition) is 4. The van der Waals surface area contributed by atoms with Crippen molar-refractivity contribution in [1.29, 1.82) is 0 Å². The van der Waals surface area contributed by atoms with Crippen LogP contribution in [0, 0.1) is 0 Å². The molecule has 3 aromatic rings. The van der Waals surface area contributed by atoms with Crippen molar-refractivity contribution in [3.05, 3.63) is 55.2 Å². The van der Waals surface area contributed by atoms with Crippen LogP contribution in [0.1, 0.15) is 13.0 Å². The Balaban J connectivity index is 1.54. The standard InChI is InChI=1S/C19H23N5O/c1-16(13-22-7-9-25-10-8-22)23-15-20-12-19(23)17-11-21-24(14-17)18-5-3-2-4-6-18/h2-6,11-12,14-16H,7-10,13H2,1H3/t16-/m0/s1. The quantitative estimate of drug-likeness (QED) is 0.718. The van der Waals surface area contributed by atoms with Gasteiger partial charge in [0.1, 0.15) is 0 Å². The van der Waals surface area contributed by atoms with Crippen LogP contribution in [0.4, 0.5) is 0 Å². The Morgan fingerprint density at radius 1 is 1.12 bits per heavy atom. The number of aromatic nitrogens is 4. The summed E-state index contributed by atoms with van der Waals surface area (Å²) in [6, 6.07) is 10.5. The molecule has 6 heteroatoms. The Morgan fingerprint density at radius 3 is 2.72 bits per heavy atom. The molecule has 0 aliphatic carbocycles. The molecule has 0 N–H and O–H groups in total. The molecule has 1 saturated heterocycles. The predicted molar refractivity (Wildman–Crippen MR) is 96.8 cm³/mol. The van der Waals surface area contributed by atoms with Crippen molar-refractivity contribution in [3.63, 3.8) is 0 Å². The molecule has 4 rings (SSSR count). The first-order valence-electron chi connectivity index (χ1n) is 8.73. The molecular formula is C19H23N5O. The van der Waals surface area contributed by atoms with Crippen molar-refractivity contribution in [3.8, 4) is 16.9 Å². The van der Waals surface area contributed by atoms with Crippen LogP contribution in [0.3, 0.4) is 0 Å². The molecule has 0 bridgehead atoms. The Labute approximate surface area is 147 Å². The fourth-order valence-corrected chi connectivity index (χ4v) is 3.30. The van der Waals surface area contributed by atoms with E-state index in [1.807, 2.05) is 41.6 Å². The molecule has 130 valence electrons. The third-order valence-corrected chi connectivity index (χ3v) is 4.67. The van der Waals surface area contributed by atoms with E-state index in [1.165, 1.54) is 0 Å². The lowest BCUT2D eigenvalue weighted by Gasteiger charge is -2.30. The second-order valence-corrected chi connectivity index (χ2v) is 6.46. The molecule has 1 fully saturated rings. The van der Waals surface area contributed by atoms with Gasteiger partial charge in [-0.05, 0) is 19.1 Å². The lowest BCUT2D eigenvalue weighted by atomic mass is 10.2. The van der Waals surface area contributed by atoms with Crippen LogP contribution in [-0.2, 0) is 4.74 Å². The topological polar surface area (TPSA) is 48.1 Å². The van der Waals surface area contributed by atoms with Gasteiger partial charge in [-0.15, -0.1) is 0 Å². The number of imidazole rings is 1. The van der Waals surface area contributed by atoms with E-state index in [4.69, 9.17) is 4.74 Å². The highest BCUT2D eigenvalue weighted by molar-refractivity contribution is 5.57. The highest BCUT2D eigenvalue weighted by atomic mass is 16.5. The monoisotopic (exact) mass is 337 g/mol. The average molecular weight is 337 g/mol. The summed E-state index contributed by atoms with van der Waals surface area (Å²) in [5.41, 5.74) is 3.24.